The van der Waals surface area contributed by atoms with Crippen molar-refractivity contribution in [2.75, 3.05) is 4.72 Å². The number of hydrogen-bond acceptors (Lipinski definition) is 4. The van der Waals surface area contributed by atoms with E-state index in [0.717, 1.165) is 35.3 Å². The third-order valence-electron chi connectivity index (χ3n) is 7.38. The number of hydrogen-bond donors (Lipinski definition) is 2. The fourth-order valence-electron chi connectivity index (χ4n) is 4.76. The monoisotopic (exact) mass is 506 g/mol. The van der Waals surface area contributed by atoms with Crippen LogP contribution in [-0.4, -0.2) is 19.9 Å². The van der Waals surface area contributed by atoms with Gasteiger partial charge in [0, 0.05) is 17.5 Å². The predicted molar refractivity (Wildman–Crippen MR) is 143 cm³/mol. The fourth-order valence-corrected chi connectivity index (χ4v) is 6.16. The van der Waals surface area contributed by atoms with Gasteiger partial charge >= 0.3 is 0 Å². The summed E-state index contributed by atoms with van der Waals surface area (Å²) in [6.45, 7) is 9.73. The minimum absolute atomic E-state index is 0.0832. The fraction of sp³-hybridized carbons (Fsp3) is 0.345. The highest BCUT2D eigenvalue weighted by Gasteiger charge is 2.39. The van der Waals surface area contributed by atoms with E-state index in [2.05, 4.69) is 23.9 Å². The zero-order valence-electron chi connectivity index (χ0n) is 21.5. The van der Waals surface area contributed by atoms with Crippen molar-refractivity contribution in [2.45, 2.75) is 70.4 Å². The minimum atomic E-state index is -3.90. The van der Waals surface area contributed by atoms with Crippen LogP contribution >= 0.6 is 0 Å². The van der Waals surface area contributed by atoms with Crippen molar-refractivity contribution in [1.29, 1.82) is 0 Å². The summed E-state index contributed by atoms with van der Waals surface area (Å²) in [7, 11) is -3.90. The van der Waals surface area contributed by atoms with Crippen LogP contribution in [0.4, 0.5) is 5.69 Å². The molecule has 3 aromatic rings. The Morgan fingerprint density at radius 3 is 2.42 bits per heavy atom. The molecule has 0 saturated carbocycles. The van der Waals surface area contributed by atoms with Crippen molar-refractivity contribution in [3.8, 4) is 5.75 Å². The Morgan fingerprint density at radius 2 is 1.69 bits per heavy atom. The molecule has 1 amide bonds. The van der Waals surface area contributed by atoms with Gasteiger partial charge in [0.1, 0.15) is 11.4 Å². The maximum atomic E-state index is 13.4. The molecule has 1 aliphatic rings. The molecule has 1 heterocycles. The first-order valence-electron chi connectivity index (χ1n) is 12.4. The molecule has 6 nitrogen and oxygen atoms in total. The van der Waals surface area contributed by atoms with Gasteiger partial charge in [0.05, 0.1) is 16.6 Å². The number of carbonyl (C=O) groups excluding carboxylic acids is 1. The standard InChI is InChI=1S/C29H34N2O4S/c1-6-29(7-2)18-25(23-12-8-9-14-26(23)35-29)30-28(32)22-16-15-20(4)27(17-22)36(33,34)31-24-13-10-11-19(3)21(24)5/h8-17,25,31H,6-7,18H2,1-5H3,(H,30,32). The van der Waals surface area contributed by atoms with Gasteiger partial charge in [-0.2, -0.15) is 0 Å². The predicted octanol–water partition coefficient (Wildman–Crippen LogP) is 6.23. The molecule has 0 bridgehead atoms. The van der Waals surface area contributed by atoms with E-state index in [4.69, 9.17) is 4.74 Å². The summed E-state index contributed by atoms with van der Waals surface area (Å²) in [5.41, 5.74) is 3.82. The average molecular weight is 507 g/mol. The van der Waals surface area contributed by atoms with Gasteiger partial charge in [-0.05, 0) is 74.6 Å². The first-order chi connectivity index (χ1) is 17.1. The van der Waals surface area contributed by atoms with Crippen LogP contribution in [0.15, 0.2) is 65.6 Å². The van der Waals surface area contributed by atoms with Gasteiger partial charge in [-0.1, -0.05) is 50.2 Å². The van der Waals surface area contributed by atoms with Crippen molar-refractivity contribution in [2.24, 2.45) is 0 Å². The van der Waals surface area contributed by atoms with E-state index in [1.165, 1.54) is 6.07 Å². The summed E-state index contributed by atoms with van der Waals surface area (Å²) >= 11 is 0. The van der Waals surface area contributed by atoms with E-state index in [1.807, 2.05) is 50.2 Å². The van der Waals surface area contributed by atoms with E-state index >= 15 is 0 Å². The van der Waals surface area contributed by atoms with Gasteiger partial charge < -0.3 is 10.1 Å². The molecule has 0 aliphatic carbocycles. The Morgan fingerprint density at radius 1 is 0.972 bits per heavy atom. The largest absolute Gasteiger partial charge is 0.487 e. The van der Waals surface area contributed by atoms with Gasteiger partial charge in [-0.3, -0.25) is 9.52 Å². The summed E-state index contributed by atoms with van der Waals surface area (Å²) in [4.78, 5) is 13.5. The van der Waals surface area contributed by atoms with Gasteiger partial charge in [0.25, 0.3) is 15.9 Å². The lowest BCUT2D eigenvalue weighted by molar-refractivity contribution is 0.0227. The zero-order chi connectivity index (χ0) is 26.1. The van der Waals surface area contributed by atoms with Crippen LogP contribution in [-0.2, 0) is 10.0 Å². The summed E-state index contributed by atoms with van der Waals surface area (Å²) in [5.74, 6) is 0.462. The van der Waals surface area contributed by atoms with Crippen LogP contribution in [0, 0.1) is 20.8 Å². The number of sulfonamides is 1. The molecule has 0 saturated heterocycles. The van der Waals surface area contributed by atoms with E-state index in [-0.39, 0.29) is 22.4 Å². The molecule has 3 aromatic carbocycles. The SMILES string of the molecule is CCC1(CC)CC(NC(=O)c2ccc(C)c(S(=O)(=O)Nc3cccc(C)c3C)c2)c2ccccc2O1. The topological polar surface area (TPSA) is 84.5 Å². The van der Waals surface area contributed by atoms with Crippen LogP contribution in [0.2, 0.25) is 0 Å². The second-order valence-corrected chi connectivity index (χ2v) is 11.2. The first kappa shape index (κ1) is 25.8. The minimum Gasteiger partial charge on any atom is -0.487 e. The molecule has 7 heteroatoms. The average Bonchev–Trinajstić information content (AvgIpc) is 2.86. The number of rotatable bonds is 7. The first-order valence-corrected chi connectivity index (χ1v) is 13.9. The smallest absolute Gasteiger partial charge is 0.262 e. The molecule has 1 unspecified atom stereocenters. The highest BCUT2D eigenvalue weighted by atomic mass is 32.2. The van der Waals surface area contributed by atoms with E-state index < -0.39 is 10.0 Å². The van der Waals surface area contributed by atoms with Crippen LogP contribution in [0.5, 0.6) is 5.75 Å². The Labute approximate surface area is 214 Å². The van der Waals surface area contributed by atoms with Crippen LogP contribution in [0.25, 0.3) is 0 Å². The maximum absolute atomic E-state index is 13.4. The number of fused-ring (bicyclic) bond motifs is 1. The molecule has 0 aromatic heterocycles. The number of carbonyl (C=O) groups is 1. The molecular formula is C29H34N2O4S. The zero-order valence-corrected chi connectivity index (χ0v) is 22.3. The third-order valence-corrected chi connectivity index (χ3v) is 8.89. The number of aryl methyl sites for hydroxylation is 2. The Balaban J connectivity index is 1.63. The molecule has 0 radical (unpaired) electrons. The second-order valence-electron chi connectivity index (χ2n) is 9.59. The summed E-state index contributed by atoms with van der Waals surface area (Å²) in [6.07, 6.45) is 2.29. The van der Waals surface area contributed by atoms with Crippen molar-refractivity contribution in [1.82, 2.24) is 5.32 Å². The highest BCUT2D eigenvalue weighted by molar-refractivity contribution is 7.92. The van der Waals surface area contributed by atoms with Crippen molar-refractivity contribution < 1.29 is 17.9 Å². The lowest BCUT2D eigenvalue weighted by Crippen LogP contribution is -2.44. The van der Waals surface area contributed by atoms with Gasteiger partial charge in [-0.15, -0.1) is 0 Å². The number of ether oxygens (including phenoxy) is 1. The Kier molecular flexibility index (Phi) is 7.14. The lowest BCUT2D eigenvalue weighted by Gasteiger charge is -2.41. The lowest BCUT2D eigenvalue weighted by atomic mass is 9.83. The third kappa shape index (κ3) is 4.98. The Hall–Kier alpha value is -3.32. The molecule has 1 atom stereocenters. The molecular weight excluding hydrogens is 472 g/mol. The molecule has 36 heavy (non-hydrogen) atoms. The van der Waals surface area contributed by atoms with E-state index in [9.17, 15) is 13.2 Å². The molecule has 2 N–H and O–H groups in total. The number of para-hydroxylation sites is 1. The van der Waals surface area contributed by atoms with Crippen LogP contribution in [0.1, 0.15) is 71.8 Å². The van der Waals surface area contributed by atoms with Gasteiger partial charge in [0.15, 0.2) is 0 Å². The van der Waals surface area contributed by atoms with Gasteiger partial charge in [-0.25, -0.2) is 8.42 Å². The number of amides is 1. The van der Waals surface area contributed by atoms with Crippen LogP contribution < -0.4 is 14.8 Å². The van der Waals surface area contributed by atoms with Crippen LogP contribution in [0.3, 0.4) is 0 Å². The van der Waals surface area contributed by atoms with Crippen molar-refractivity contribution in [3.63, 3.8) is 0 Å². The van der Waals surface area contributed by atoms with E-state index in [0.29, 0.717) is 23.2 Å². The van der Waals surface area contributed by atoms with Gasteiger partial charge in [0.2, 0.25) is 0 Å². The van der Waals surface area contributed by atoms with Crippen molar-refractivity contribution in [3.05, 3.63) is 88.5 Å². The highest BCUT2D eigenvalue weighted by Crippen LogP contribution is 2.42. The molecule has 1 aliphatic heterocycles. The number of anilines is 1. The maximum Gasteiger partial charge on any atom is 0.262 e. The number of benzene rings is 3. The molecule has 0 fully saturated rings. The normalized spacial score (nSPS) is 16.5. The number of nitrogens with one attached hydrogen (secondary N) is 2. The van der Waals surface area contributed by atoms with E-state index in [1.54, 1.807) is 25.1 Å². The summed E-state index contributed by atoms with van der Waals surface area (Å²) < 4.78 is 35.7. The molecule has 4 rings (SSSR count). The summed E-state index contributed by atoms with van der Waals surface area (Å²) in [6, 6.07) is 17.8. The summed E-state index contributed by atoms with van der Waals surface area (Å²) in [5, 5.41) is 3.14. The second kappa shape index (κ2) is 9.97. The molecule has 190 valence electrons. The Bertz CT molecular complexity index is 1390. The van der Waals surface area contributed by atoms with Crippen molar-refractivity contribution >= 4 is 21.6 Å². The quantitative estimate of drug-likeness (QED) is 0.398. The molecule has 0 spiro atoms.